The third-order valence-corrected chi connectivity index (χ3v) is 6.25. The monoisotopic (exact) mass is 477 g/mol. The number of benzene rings is 1. The Hall–Kier alpha value is -3.23. The highest BCUT2D eigenvalue weighted by Gasteiger charge is 2.36. The summed E-state index contributed by atoms with van der Waals surface area (Å²) in [6.45, 7) is 8.82. The number of aromatic nitrogens is 2. The van der Waals surface area contributed by atoms with E-state index >= 15 is 0 Å². The molecule has 1 aromatic carbocycles. The summed E-state index contributed by atoms with van der Waals surface area (Å²) in [6, 6.07) is 7.94. The van der Waals surface area contributed by atoms with Crippen molar-refractivity contribution in [3.05, 3.63) is 56.9 Å². The zero-order valence-electron chi connectivity index (χ0n) is 21.0. The molecular formula is C27H31N3O5. The molecule has 0 radical (unpaired) electrons. The minimum absolute atomic E-state index is 0.0418. The number of fused-ring (bicyclic) bond motifs is 5. The molecule has 8 heteroatoms. The van der Waals surface area contributed by atoms with Gasteiger partial charge in [-0.05, 0) is 66.1 Å². The molecule has 8 nitrogen and oxygen atoms in total. The molecule has 0 bridgehead atoms. The van der Waals surface area contributed by atoms with Crippen LogP contribution in [0.5, 0.6) is 5.75 Å². The van der Waals surface area contributed by atoms with Crippen molar-refractivity contribution in [3.8, 4) is 17.1 Å². The first kappa shape index (κ1) is 23.5. The van der Waals surface area contributed by atoms with Crippen LogP contribution in [0, 0.1) is 0 Å². The zero-order valence-corrected chi connectivity index (χ0v) is 21.0. The van der Waals surface area contributed by atoms with Gasteiger partial charge < -0.3 is 23.7 Å². The van der Waals surface area contributed by atoms with E-state index in [2.05, 4.69) is 11.0 Å². The second-order valence-corrected chi connectivity index (χ2v) is 10.0. The van der Waals surface area contributed by atoms with Gasteiger partial charge in [0.15, 0.2) is 6.10 Å². The molecule has 0 saturated heterocycles. The molecule has 0 aliphatic carbocycles. The van der Waals surface area contributed by atoms with E-state index in [4.69, 9.17) is 19.2 Å². The van der Waals surface area contributed by atoms with Crippen molar-refractivity contribution in [2.24, 2.45) is 0 Å². The minimum atomic E-state index is -0.913. The Morgan fingerprint density at radius 1 is 1.14 bits per heavy atom. The van der Waals surface area contributed by atoms with E-state index in [1.807, 2.05) is 60.0 Å². The van der Waals surface area contributed by atoms with Gasteiger partial charge in [0, 0.05) is 28.6 Å². The molecule has 35 heavy (non-hydrogen) atoms. The van der Waals surface area contributed by atoms with Crippen LogP contribution < -0.4 is 10.3 Å². The summed E-state index contributed by atoms with van der Waals surface area (Å²) in [6.07, 6.45) is -1.05. The summed E-state index contributed by atoms with van der Waals surface area (Å²) in [5, 5.41) is 1.01. The molecule has 0 amide bonds. The molecule has 0 saturated carbocycles. The van der Waals surface area contributed by atoms with Crippen molar-refractivity contribution in [3.63, 3.8) is 0 Å². The molecule has 2 aliphatic rings. The molecule has 0 N–H and O–H groups in total. The second-order valence-electron chi connectivity index (χ2n) is 10.0. The summed E-state index contributed by atoms with van der Waals surface area (Å²) in [4.78, 5) is 33.0. The van der Waals surface area contributed by atoms with Gasteiger partial charge in [-0.25, -0.2) is 9.78 Å². The highest BCUT2D eigenvalue weighted by molar-refractivity contribution is 5.89. The fourth-order valence-corrected chi connectivity index (χ4v) is 4.87. The number of nitrogens with zero attached hydrogens (tertiary/aromatic N) is 3. The van der Waals surface area contributed by atoms with Crippen LogP contribution in [0.2, 0.25) is 0 Å². The average molecular weight is 478 g/mol. The number of carbonyl (C=O) groups excluding carboxylic acids is 1. The van der Waals surface area contributed by atoms with E-state index in [-0.39, 0.29) is 24.4 Å². The van der Waals surface area contributed by atoms with Crippen LogP contribution in [-0.4, -0.2) is 46.7 Å². The smallest absolute Gasteiger partial charge is 0.340 e. The number of carbonyl (C=O) groups is 1. The third-order valence-electron chi connectivity index (χ3n) is 6.25. The Balaban J connectivity index is 1.68. The lowest BCUT2D eigenvalue weighted by Crippen LogP contribution is -2.34. The van der Waals surface area contributed by atoms with Gasteiger partial charge in [-0.3, -0.25) is 4.79 Å². The van der Waals surface area contributed by atoms with Crippen LogP contribution in [-0.2, 0) is 34.0 Å². The highest BCUT2D eigenvalue weighted by atomic mass is 16.6. The molecule has 5 rings (SSSR count). The quantitative estimate of drug-likeness (QED) is 0.391. The third kappa shape index (κ3) is 4.10. The fourth-order valence-electron chi connectivity index (χ4n) is 4.87. The van der Waals surface area contributed by atoms with Crippen molar-refractivity contribution in [1.29, 1.82) is 0 Å². The summed E-state index contributed by atoms with van der Waals surface area (Å²) in [5.74, 6) is 0.377. The molecule has 0 unspecified atom stereocenters. The van der Waals surface area contributed by atoms with E-state index < -0.39 is 12.1 Å². The van der Waals surface area contributed by atoms with Gasteiger partial charge in [0.05, 0.1) is 41.2 Å². The lowest BCUT2D eigenvalue weighted by atomic mass is 9.99. The summed E-state index contributed by atoms with van der Waals surface area (Å²) < 4.78 is 18.9. The Bertz CT molecular complexity index is 1390. The van der Waals surface area contributed by atoms with Gasteiger partial charge >= 0.3 is 5.97 Å². The molecule has 0 spiro atoms. The number of hydrogen-bond donors (Lipinski definition) is 0. The van der Waals surface area contributed by atoms with Gasteiger partial charge in [0.25, 0.3) is 5.56 Å². The highest BCUT2D eigenvalue weighted by Crippen LogP contribution is 2.38. The topological polar surface area (TPSA) is 82.9 Å². The maximum atomic E-state index is 13.5. The predicted octanol–water partition coefficient (Wildman–Crippen LogP) is 3.80. The zero-order chi connectivity index (χ0) is 25.0. The van der Waals surface area contributed by atoms with Crippen molar-refractivity contribution >= 4 is 16.9 Å². The number of esters is 1. The first-order valence-electron chi connectivity index (χ1n) is 12.0. The maximum absolute atomic E-state index is 13.5. The number of pyridine rings is 2. The van der Waals surface area contributed by atoms with E-state index in [0.29, 0.717) is 29.9 Å². The van der Waals surface area contributed by atoms with Crippen LogP contribution in [0.1, 0.15) is 56.1 Å². The van der Waals surface area contributed by atoms with Gasteiger partial charge in [-0.1, -0.05) is 0 Å². The van der Waals surface area contributed by atoms with Crippen LogP contribution >= 0.6 is 0 Å². The first-order chi connectivity index (χ1) is 16.6. The van der Waals surface area contributed by atoms with Gasteiger partial charge in [0.2, 0.25) is 0 Å². The minimum Gasteiger partial charge on any atom is -0.491 e. The van der Waals surface area contributed by atoms with Gasteiger partial charge in [-0.15, -0.1) is 0 Å². The molecule has 4 heterocycles. The molecule has 184 valence electrons. The van der Waals surface area contributed by atoms with Crippen molar-refractivity contribution < 1.29 is 19.0 Å². The Morgan fingerprint density at radius 3 is 2.60 bits per heavy atom. The lowest BCUT2D eigenvalue weighted by molar-refractivity contribution is -0.165. The fraction of sp³-hybridized carbons (Fsp3) is 0.444. The van der Waals surface area contributed by atoms with Crippen LogP contribution in [0.4, 0.5) is 0 Å². The largest absolute Gasteiger partial charge is 0.491 e. The molecule has 2 aliphatic heterocycles. The standard InChI is InChI=1S/C27H31N3O5/c1-14(2)34-23-8-7-21-17(19(23)12-29(5)6)9-16-11-30-22(24(16)28-21)10-18-20(26(30)31)13-33-27(32)25(18)35-15(3)4/h7-10,14-15,25H,11-13H2,1-6H3/t25-/m0/s1. The summed E-state index contributed by atoms with van der Waals surface area (Å²) in [5.41, 5.74) is 5.22. The molecule has 2 aromatic heterocycles. The number of rotatable bonds is 6. The van der Waals surface area contributed by atoms with E-state index in [1.54, 1.807) is 4.57 Å². The van der Waals surface area contributed by atoms with Crippen molar-refractivity contribution in [2.75, 3.05) is 14.1 Å². The molecule has 1 atom stereocenters. The maximum Gasteiger partial charge on any atom is 0.340 e. The Labute approximate surface area is 204 Å². The Morgan fingerprint density at radius 2 is 1.91 bits per heavy atom. The first-order valence-corrected chi connectivity index (χ1v) is 12.0. The van der Waals surface area contributed by atoms with E-state index in [1.165, 1.54) is 0 Å². The van der Waals surface area contributed by atoms with Crippen molar-refractivity contribution in [1.82, 2.24) is 14.5 Å². The molecular weight excluding hydrogens is 446 g/mol. The lowest BCUT2D eigenvalue weighted by Gasteiger charge is -2.26. The number of cyclic esters (lactones) is 1. The van der Waals surface area contributed by atoms with Gasteiger partial charge in [0.1, 0.15) is 12.4 Å². The number of ether oxygens (including phenoxy) is 3. The average Bonchev–Trinajstić information content (AvgIpc) is 3.13. The number of hydrogen-bond acceptors (Lipinski definition) is 7. The predicted molar refractivity (Wildman–Crippen MR) is 132 cm³/mol. The summed E-state index contributed by atoms with van der Waals surface area (Å²) in [7, 11) is 4.05. The van der Waals surface area contributed by atoms with Crippen LogP contribution in [0.3, 0.4) is 0 Å². The normalized spacial score (nSPS) is 16.6. The van der Waals surface area contributed by atoms with Gasteiger partial charge in [-0.2, -0.15) is 0 Å². The second kappa shape index (κ2) is 8.77. The molecule has 0 fully saturated rings. The van der Waals surface area contributed by atoms with E-state index in [0.717, 1.165) is 33.5 Å². The van der Waals surface area contributed by atoms with Crippen LogP contribution in [0.15, 0.2) is 29.1 Å². The van der Waals surface area contributed by atoms with Crippen molar-refractivity contribution in [2.45, 2.75) is 65.7 Å². The SMILES string of the molecule is CC(C)Oc1ccc2nc3c(cc2c1CN(C)C)Cn1c-3cc2c(c1=O)COC(=O)[C@H]2OC(C)C. The van der Waals surface area contributed by atoms with Crippen LogP contribution in [0.25, 0.3) is 22.3 Å². The Kier molecular flexibility index (Phi) is 5.89. The van der Waals surface area contributed by atoms with E-state index in [9.17, 15) is 9.59 Å². The summed E-state index contributed by atoms with van der Waals surface area (Å²) >= 11 is 0. The molecule has 3 aromatic rings.